The smallest absolute Gasteiger partial charge is 0.243 e. The number of aromatic nitrogens is 2. The minimum atomic E-state index is 0.0784. The van der Waals surface area contributed by atoms with Crippen molar-refractivity contribution in [1.29, 1.82) is 0 Å². The normalized spacial score (nSPS) is 16.0. The van der Waals surface area contributed by atoms with Crippen LogP contribution in [-0.2, 0) is 6.54 Å². The molecular formula is C17H23N3O2. The number of benzene rings is 1. The lowest BCUT2D eigenvalue weighted by Gasteiger charge is -2.22. The number of hydrogen-bond donors (Lipinski definition) is 0. The van der Waals surface area contributed by atoms with E-state index >= 15 is 0 Å². The van der Waals surface area contributed by atoms with E-state index in [2.05, 4.69) is 35.1 Å². The molecule has 0 saturated heterocycles. The highest BCUT2D eigenvalue weighted by Gasteiger charge is 2.30. The van der Waals surface area contributed by atoms with Crippen LogP contribution in [0.5, 0.6) is 5.75 Å². The van der Waals surface area contributed by atoms with Crippen molar-refractivity contribution < 1.29 is 9.26 Å². The molecule has 1 aromatic carbocycles. The fourth-order valence-corrected chi connectivity index (χ4v) is 2.45. The summed E-state index contributed by atoms with van der Waals surface area (Å²) in [5.41, 5.74) is 1.17. The SMILES string of the molecule is CCOc1ccccc1CN(C)C(C)c1nc(C2CC2)no1. The molecule has 1 unspecified atom stereocenters. The maximum Gasteiger partial charge on any atom is 0.243 e. The summed E-state index contributed by atoms with van der Waals surface area (Å²) in [6, 6.07) is 8.22. The van der Waals surface area contributed by atoms with Crippen molar-refractivity contribution in [2.45, 2.75) is 45.2 Å². The average Bonchev–Trinajstić information content (AvgIpc) is 3.26. The predicted octanol–water partition coefficient (Wildman–Crippen LogP) is 3.54. The first kappa shape index (κ1) is 15.0. The third-order valence-corrected chi connectivity index (χ3v) is 4.11. The van der Waals surface area contributed by atoms with Crippen LogP contribution < -0.4 is 4.74 Å². The van der Waals surface area contributed by atoms with Gasteiger partial charge in [0.25, 0.3) is 0 Å². The van der Waals surface area contributed by atoms with Crippen molar-refractivity contribution in [2.24, 2.45) is 0 Å². The molecule has 22 heavy (non-hydrogen) atoms. The second-order valence-corrected chi connectivity index (χ2v) is 5.90. The molecule has 0 amide bonds. The van der Waals surface area contributed by atoms with E-state index in [-0.39, 0.29) is 6.04 Å². The van der Waals surface area contributed by atoms with E-state index in [1.54, 1.807) is 0 Å². The Morgan fingerprint density at radius 2 is 2.14 bits per heavy atom. The Morgan fingerprint density at radius 3 is 2.86 bits per heavy atom. The second kappa shape index (κ2) is 6.48. The standard InChI is InChI=1S/C17H23N3O2/c1-4-21-15-8-6-5-7-14(15)11-20(3)12(2)17-18-16(19-22-17)13-9-10-13/h5-8,12-13H,4,9-11H2,1-3H3. The van der Waals surface area contributed by atoms with E-state index in [4.69, 9.17) is 9.26 Å². The molecule has 0 radical (unpaired) electrons. The van der Waals surface area contributed by atoms with Gasteiger partial charge >= 0.3 is 0 Å². The number of para-hydroxylation sites is 1. The van der Waals surface area contributed by atoms with Crippen LogP contribution in [0.1, 0.15) is 55.9 Å². The van der Waals surface area contributed by atoms with Gasteiger partial charge in [-0.05, 0) is 39.8 Å². The van der Waals surface area contributed by atoms with Crippen LogP contribution in [0.2, 0.25) is 0 Å². The lowest BCUT2D eigenvalue weighted by molar-refractivity contribution is 0.199. The number of nitrogens with zero attached hydrogens (tertiary/aromatic N) is 3. The van der Waals surface area contributed by atoms with E-state index < -0.39 is 0 Å². The van der Waals surface area contributed by atoms with Crippen molar-refractivity contribution in [3.63, 3.8) is 0 Å². The van der Waals surface area contributed by atoms with Gasteiger partial charge in [-0.1, -0.05) is 23.4 Å². The van der Waals surface area contributed by atoms with Gasteiger partial charge in [-0.2, -0.15) is 4.98 Å². The quantitative estimate of drug-likeness (QED) is 0.783. The maximum absolute atomic E-state index is 5.69. The molecule has 5 nitrogen and oxygen atoms in total. The molecule has 0 N–H and O–H groups in total. The van der Waals surface area contributed by atoms with Gasteiger partial charge in [-0.25, -0.2) is 0 Å². The third kappa shape index (κ3) is 3.30. The largest absolute Gasteiger partial charge is 0.494 e. The van der Waals surface area contributed by atoms with E-state index in [0.29, 0.717) is 18.4 Å². The molecule has 1 heterocycles. The van der Waals surface area contributed by atoms with Gasteiger partial charge in [0.2, 0.25) is 5.89 Å². The zero-order valence-electron chi connectivity index (χ0n) is 13.5. The van der Waals surface area contributed by atoms with Gasteiger partial charge in [0, 0.05) is 18.0 Å². The number of ether oxygens (including phenoxy) is 1. The molecule has 5 heteroatoms. The van der Waals surface area contributed by atoms with Crippen LogP contribution in [0, 0.1) is 0 Å². The highest BCUT2D eigenvalue weighted by Crippen LogP contribution is 2.38. The van der Waals surface area contributed by atoms with Gasteiger partial charge < -0.3 is 9.26 Å². The Hall–Kier alpha value is -1.88. The molecule has 1 fully saturated rings. The van der Waals surface area contributed by atoms with Crippen molar-refractivity contribution >= 4 is 0 Å². The summed E-state index contributed by atoms with van der Waals surface area (Å²) in [5, 5.41) is 4.10. The summed E-state index contributed by atoms with van der Waals surface area (Å²) in [6.07, 6.45) is 2.37. The Kier molecular flexibility index (Phi) is 4.43. The summed E-state index contributed by atoms with van der Waals surface area (Å²) < 4.78 is 11.1. The molecule has 1 aliphatic carbocycles. The van der Waals surface area contributed by atoms with Crippen molar-refractivity contribution in [2.75, 3.05) is 13.7 Å². The Bertz CT molecular complexity index is 622. The fraction of sp³-hybridized carbons (Fsp3) is 0.529. The minimum absolute atomic E-state index is 0.0784. The second-order valence-electron chi connectivity index (χ2n) is 5.90. The van der Waals surface area contributed by atoms with Crippen LogP contribution >= 0.6 is 0 Å². The van der Waals surface area contributed by atoms with Gasteiger partial charge in [-0.3, -0.25) is 4.90 Å². The average molecular weight is 301 g/mol. The molecule has 118 valence electrons. The lowest BCUT2D eigenvalue weighted by atomic mass is 10.1. The van der Waals surface area contributed by atoms with E-state index in [1.165, 1.54) is 18.4 Å². The van der Waals surface area contributed by atoms with Gasteiger partial charge in [-0.15, -0.1) is 0 Å². The van der Waals surface area contributed by atoms with E-state index in [9.17, 15) is 0 Å². The molecular weight excluding hydrogens is 278 g/mol. The summed E-state index contributed by atoms with van der Waals surface area (Å²) in [6.45, 7) is 5.54. The lowest BCUT2D eigenvalue weighted by Crippen LogP contribution is -2.22. The minimum Gasteiger partial charge on any atom is -0.494 e. The first-order valence-corrected chi connectivity index (χ1v) is 7.93. The van der Waals surface area contributed by atoms with Crippen molar-refractivity contribution in [1.82, 2.24) is 15.0 Å². The molecule has 0 aliphatic heterocycles. The summed E-state index contributed by atoms with van der Waals surface area (Å²) in [4.78, 5) is 6.74. The van der Waals surface area contributed by atoms with E-state index in [0.717, 1.165) is 18.1 Å². The maximum atomic E-state index is 5.69. The van der Waals surface area contributed by atoms with Gasteiger partial charge in [0.1, 0.15) is 5.75 Å². The third-order valence-electron chi connectivity index (χ3n) is 4.11. The highest BCUT2D eigenvalue weighted by molar-refractivity contribution is 5.33. The molecule has 3 rings (SSSR count). The molecule has 1 aliphatic rings. The fourth-order valence-electron chi connectivity index (χ4n) is 2.45. The van der Waals surface area contributed by atoms with E-state index in [1.807, 2.05) is 25.1 Å². The number of hydrogen-bond acceptors (Lipinski definition) is 5. The van der Waals surface area contributed by atoms with Crippen LogP contribution in [0.25, 0.3) is 0 Å². The highest BCUT2D eigenvalue weighted by atomic mass is 16.5. The van der Waals surface area contributed by atoms with Crippen LogP contribution in [0.3, 0.4) is 0 Å². The molecule has 0 bridgehead atoms. The summed E-state index contributed by atoms with van der Waals surface area (Å²) >= 11 is 0. The van der Waals surface area contributed by atoms with Crippen LogP contribution in [0.15, 0.2) is 28.8 Å². The monoisotopic (exact) mass is 301 g/mol. The molecule has 2 aromatic rings. The Balaban J connectivity index is 1.68. The predicted molar refractivity (Wildman–Crippen MR) is 83.8 cm³/mol. The van der Waals surface area contributed by atoms with Gasteiger partial charge in [0.05, 0.1) is 12.6 Å². The zero-order valence-corrected chi connectivity index (χ0v) is 13.5. The molecule has 1 aromatic heterocycles. The molecule has 1 saturated carbocycles. The van der Waals surface area contributed by atoms with Crippen LogP contribution in [-0.4, -0.2) is 28.7 Å². The first-order valence-electron chi connectivity index (χ1n) is 7.93. The Labute approximate surface area is 131 Å². The summed E-state index contributed by atoms with van der Waals surface area (Å²) in [5.74, 6) is 3.02. The molecule has 1 atom stereocenters. The van der Waals surface area contributed by atoms with Gasteiger partial charge in [0.15, 0.2) is 5.82 Å². The Morgan fingerprint density at radius 1 is 1.36 bits per heavy atom. The number of rotatable bonds is 7. The zero-order chi connectivity index (χ0) is 15.5. The summed E-state index contributed by atoms with van der Waals surface area (Å²) in [7, 11) is 2.06. The molecule has 0 spiro atoms. The first-order chi connectivity index (χ1) is 10.7. The van der Waals surface area contributed by atoms with Crippen LogP contribution in [0.4, 0.5) is 0 Å². The van der Waals surface area contributed by atoms with Crippen molar-refractivity contribution in [3.05, 3.63) is 41.5 Å². The van der Waals surface area contributed by atoms with Crippen molar-refractivity contribution in [3.8, 4) is 5.75 Å². The topological polar surface area (TPSA) is 51.4 Å².